The van der Waals surface area contributed by atoms with Gasteiger partial charge in [-0.15, -0.1) is 0 Å². The lowest BCUT2D eigenvalue weighted by atomic mass is 10.1. The number of nitrogens with one attached hydrogen (secondary N) is 1. The number of hydrogen-bond acceptors (Lipinski definition) is 2. The fraction of sp³-hybridized carbons (Fsp3) is 0.556. The minimum absolute atomic E-state index is 0.488. The lowest BCUT2D eigenvalue weighted by molar-refractivity contribution is 0.0606. The number of aromatic nitrogens is 1. The molecule has 3 rings (SSSR count). The molecular weight excluding hydrogens is 260 g/mol. The molecule has 1 aromatic heterocycles. The van der Waals surface area contributed by atoms with Gasteiger partial charge in [-0.05, 0) is 42.3 Å². The minimum Gasteiger partial charge on any atom is -0.379 e. The first-order valence-electron chi connectivity index (χ1n) is 8.12. The first-order chi connectivity index (χ1) is 10.3. The second-order valence-corrected chi connectivity index (χ2v) is 6.47. The van der Waals surface area contributed by atoms with Crippen LogP contribution in [0.15, 0.2) is 30.5 Å². The molecule has 0 amide bonds. The average Bonchev–Trinajstić information content (AvgIpc) is 2.93. The van der Waals surface area contributed by atoms with Crippen molar-refractivity contribution in [3.8, 4) is 0 Å². The number of rotatable bonds is 5. The summed E-state index contributed by atoms with van der Waals surface area (Å²) in [5, 5.41) is 4.91. The molecule has 0 spiro atoms. The Morgan fingerprint density at radius 1 is 1.33 bits per heavy atom. The Bertz CT molecular complexity index is 582. The van der Waals surface area contributed by atoms with Crippen molar-refractivity contribution in [2.24, 2.45) is 5.92 Å². The molecule has 0 saturated carbocycles. The molecule has 1 aliphatic heterocycles. The van der Waals surface area contributed by atoms with Crippen LogP contribution in [0.3, 0.4) is 0 Å². The minimum atomic E-state index is 0.488. The lowest BCUT2D eigenvalue weighted by Gasteiger charge is -2.25. The predicted molar refractivity (Wildman–Crippen MR) is 87.6 cm³/mol. The van der Waals surface area contributed by atoms with E-state index in [1.807, 2.05) is 0 Å². The molecule has 1 saturated heterocycles. The Hall–Kier alpha value is -1.32. The van der Waals surface area contributed by atoms with Gasteiger partial charge in [0.1, 0.15) is 0 Å². The SMILES string of the molecule is CC(C)CNCc1cccc2ccn(C3CCCOC3)c12. The summed E-state index contributed by atoms with van der Waals surface area (Å²) in [6.07, 6.45) is 4.62. The van der Waals surface area contributed by atoms with Gasteiger partial charge in [0.05, 0.1) is 18.2 Å². The molecule has 0 bridgehead atoms. The molecular formula is C18H26N2O. The Morgan fingerprint density at radius 3 is 3.00 bits per heavy atom. The van der Waals surface area contributed by atoms with Crippen LogP contribution in [0.4, 0.5) is 0 Å². The standard InChI is InChI=1S/C18H26N2O/c1-14(2)11-19-12-16-6-3-5-15-8-9-20(18(15)16)17-7-4-10-21-13-17/h3,5-6,8-9,14,17,19H,4,7,10-13H2,1-2H3. The van der Waals surface area contributed by atoms with Gasteiger partial charge in [-0.25, -0.2) is 0 Å². The van der Waals surface area contributed by atoms with E-state index in [-0.39, 0.29) is 0 Å². The topological polar surface area (TPSA) is 26.2 Å². The maximum atomic E-state index is 5.67. The van der Waals surface area contributed by atoms with E-state index in [0.29, 0.717) is 12.0 Å². The van der Waals surface area contributed by atoms with Crippen LogP contribution < -0.4 is 5.32 Å². The third-order valence-electron chi connectivity index (χ3n) is 4.22. The van der Waals surface area contributed by atoms with Crippen LogP contribution in [0.1, 0.15) is 38.3 Å². The van der Waals surface area contributed by atoms with E-state index in [4.69, 9.17) is 4.74 Å². The van der Waals surface area contributed by atoms with E-state index in [1.54, 1.807) is 0 Å². The summed E-state index contributed by atoms with van der Waals surface area (Å²) in [5.74, 6) is 0.683. The van der Waals surface area contributed by atoms with E-state index >= 15 is 0 Å². The number of hydrogen-bond donors (Lipinski definition) is 1. The van der Waals surface area contributed by atoms with Crippen LogP contribution in [-0.4, -0.2) is 24.3 Å². The fourth-order valence-corrected chi connectivity index (χ4v) is 3.18. The van der Waals surface area contributed by atoms with Gasteiger partial charge in [0.2, 0.25) is 0 Å². The molecule has 2 heterocycles. The van der Waals surface area contributed by atoms with Gasteiger partial charge in [0.25, 0.3) is 0 Å². The Labute approximate surface area is 127 Å². The summed E-state index contributed by atoms with van der Waals surface area (Å²) in [4.78, 5) is 0. The van der Waals surface area contributed by atoms with Gasteiger partial charge in [0, 0.05) is 19.3 Å². The number of fused-ring (bicyclic) bond motifs is 1. The van der Waals surface area contributed by atoms with Crippen molar-refractivity contribution in [2.75, 3.05) is 19.8 Å². The summed E-state index contributed by atoms with van der Waals surface area (Å²) in [6.45, 7) is 8.25. The summed E-state index contributed by atoms with van der Waals surface area (Å²) < 4.78 is 8.10. The second kappa shape index (κ2) is 6.63. The van der Waals surface area contributed by atoms with E-state index in [2.05, 4.69) is 54.2 Å². The summed E-state index contributed by atoms with van der Waals surface area (Å²) >= 11 is 0. The highest BCUT2D eigenvalue weighted by Crippen LogP contribution is 2.28. The van der Waals surface area contributed by atoms with E-state index in [9.17, 15) is 0 Å². The molecule has 0 aliphatic carbocycles. The van der Waals surface area contributed by atoms with Crippen molar-refractivity contribution in [1.29, 1.82) is 0 Å². The highest BCUT2D eigenvalue weighted by Gasteiger charge is 2.18. The van der Waals surface area contributed by atoms with Crippen LogP contribution in [0.5, 0.6) is 0 Å². The zero-order chi connectivity index (χ0) is 14.7. The lowest BCUT2D eigenvalue weighted by Crippen LogP contribution is -2.22. The summed E-state index contributed by atoms with van der Waals surface area (Å²) in [6, 6.07) is 9.34. The van der Waals surface area contributed by atoms with Crippen molar-refractivity contribution < 1.29 is 4.74 Å². The van der Waals surface area contributed by atoms with Crippen LogP contribution in [0.25, 0.3) is 10.9 Å². The third kappa shape index (κ3) is 3.30. The van der Waals surface area contributed by atoms with Gasteiger partial charge in [-0.2, -0.15) is 0 Å². The highest BCUT2D eigenvalue weighted by molar-refractivity contribution is 5.83. The number of para-hydroxylation sites is 1. The normalized spacial score (nSPS) is 19.5. The molecule has 1 aromatic carbocycles. The Morgan fingerprint density at radius 2 is 2.24 bits per heavy atom. The predicted octanol–water partition coefficient (Wildman–Crippen LogP) is 3.74. The quantitative estimate of drug-likeness (QED) is 0.906. The van der Waals surface area contributed by atoms with Crippen molar-refractivity contribution in [3.05, 3.63) is 36.0 Å². The molecule has 1 N–H and O–H groups in total. The monoisotopic (exact) mass is 286 g/mol. The summed E-state index contributed by atoms with van der Waals surface area (Å²) in [5.41, 5.74) is 2.77. The summed E-state index contributed by atoms with van der Waals surface area (Å²) in [7, 11) is 0. The van der Waals surface area contributed by atoms with Gasteiger partial charge < -0.3 is 14.6 Å². The third-order valence-corrected chi connectivity index (χ3v) is 4.22. The van der Waals surface area contributed by atoms with Crippen molar-refractivity contribution in [1.82, 2.24) is 9.88 Å². The van der Waals surface area contributed by atoms with Crippen molar-refractivity contribution in [3.63, 3.8) is 0 Å². The van der Waals surface area contributed by atoms with Gasteiger partial charge >= 0.3 is 0 Å². The first-order valence-corrected chi connectivity index (χ1v) is 8.12. The molecule has 114 valence electrons. The molecule has 3 nitrogen and oxygen atoms in total. The van der Waals surface area contributed by atoms with Crippen LogP contribution >= 0.6 is 0 Å². The van der Waals surface area contributed by atoms with E-state index in [1.165, 1.54) is 22.9 Å². The van der Waals surface area contributed by atoms with E-state index in [0.717, 1.165) is 32.7 Å². The molecule has 1 fully saturated rings. The number of ether oxygens (including phenoxy) is 1. The Kier molecular flexibility index (Phi) is 4.61. The van der Waals surface area contributed by atoms with Crippen LogP contribution in [-0.2, 0) is 11.3 Å². The number of benzene rings is 1. The molecule has 1 unspecified atom stereocenters. The zero-order valence-corrected chi connectivity index (χ0v) is 13.1. The molecule has 2 aromatic rings. The molecule has 1 atom stereocenters. The molecule has 1 aliphatic rings. The maximum Gasteiger partial charge on any atom is 0.0673 e. The maximum absolute atomic E-state index is 5.67. The highest BCUT2D eigenvalue weighted by atomic mass is 16.5. The van der Waals surface area contributed by atoms with Crippen molar-refractivity contribution >= 4 is 10.9 Å². The van der Waals surface area contributed by atoms with Crippen LogP contribution in [0.2, 0.25) is 0 Å². The smallest absolute Gasteiger partial charge is 0.0673 e. The molecule has 0 radical (unpaired) electrons. The molecule has 3 heteroatoms. The first kappa shape index (κ1) is 14.6. The van der Waals surface area contributed by atoms with E-state index < -0.39 is 0 Å². The van der Waals surface area contributed by atoms with Gasteiger partial charge in [0.15, 0.2) is 0 Å². The number of nitrogens with zero attached hydrogens (tertiary/aromatic N) is 1. The van der Waals surface area contributed by atoms with Crippen molar-refractivity contribution in [2.45, 2.75) is 39.3 Å². The van der Waals surface area contributed by atoms with Gasteiger partial charge in [-0.1, -0.05) is 32.0 Å². The Balaban J connectivity index is 1.87. The largest absolute Gasteiger partial charge is 0.379 e. The fourth-order valence-electron chi connectivity index (χ4n) is 3.18. The van der Waals surface area contributed by atoms with Crippen LogP contribution in [0, 0.1) is 5.92 Å². The molecule has 21 heavy (non-hydrogen) atoms. The second-order valence-electron chi connectivity index (χ2n) is 6.47. The van der Waals surface area contributed by atoms with Gasteiger partial charge in [-0.3, -0.25) is 0 Å². The zero-order valence-electron chi connectivity index (χ0n) is 13.1. The average molecular weight is 286 g/mol.